The van der Waals surface area contributed by atoms with Crippen molar-refractivity contribution in [3.63, 3.8) is 0 Å². The van der Waals surface area contributed by atoms with Crippen LogP contribution in [0.15, 0.2) is 43.0 Å². The lowest BCUT2D eigenvalue weighted by atomic mass is 9.85. The van der Waals surface area contributed by atoms with E-state index < -0.39 is 52.4 Å². The van der Waals surface area contributed by atoms with Gasteiger partial charge in [-0.2, -0.15) is 17.4 Å². The number of nitrogens with one attached hydrogen (secondary N) is 3. The molecular formula is C36H60N4O7S. The van der Waals surface area contributed by atoms with E-state index >= 15 is 0 Å². The lowest BCUT2D eigenvalue weighted by Crippen LogP contribution is -2.58. The van der Waals surface area contributed by atoms with Crippen molar-refractivity contribution in [3.8, 4) is 0 Å². The van der Waals surface area contributed by atoms with Crippen molar-refractivity contribution in [2.75, 3.05) is 26.3 Å². The average Bonchev–Trinajstić information content (AvgIpc) is 3.07. The van der Waals surface area contributed by atoms with Crippen molar-refractivity contribution in [1.29, 1.82) is 0 Å². The van der Waals surface area contributed by atoms with Crippen LogP contribution in [0.25, 0.3) is 0 Å². The summed E-state index contributed by atoms with van der Waals surface area (Å²) >= 11 is 0. The van der Waals surface area contributed by atoms with Gasteiger partial charge in [-0.3, -0.25) is 9.59 Å². The maximum atomic E-state index is 13.7. The van der Waals surface area contributed by atoms with Crippen LogP contribution < -0.4 is 15.4 Å². The number of aliphatic hydroxyl groups is 2. The zero-order valence-corrected chi connectivity index (χ0v) is 29.8. The summed E-state index contributed by atoms with van der Waals surface area (Å²) in [7, 11) is -4.03. The van der Waals surface area contributed by atoms with E-state index in [-0.39, 0.29) is 45.1 Å². The molecule has 0 bridgehead atoms. The number of aliphatic hydroxyl groups excluding tert-OH is 2. The van der Waals surface area contributed by atoms with Gasteiger partial charge in [0.15, 0.2) is 0 Å². The maximum Gasteiger partial charge on any atom is 0.280 e. The zero-order valence-electron chi connectivity index (χ0n) is 29.0. The Labute approximate surface area is 288 Å². The number of benzene rings is 1. The van der Waals surface area contributed by atoms with E-state index in [1.54, 1.807) is 12.1 Å². The third-order valence-electron chi connectivity index (χ3n) is 9.43. The van der Waals surface area contributed by atoms with Gasteiger partial charge in [-0.05, 0) is 43.1 Å². The normalized spacial score (nSPS) is 19.6. The second kappa shape index (κ2) is 21.0. The van der Waals surface area contributed by atoms with Crippen LogP contribution in [0.3, 0.4) is 0 Å². The first-order chi connectivity index (χ1) is 23.0. The van der Waals surface area contributed by atoms with E-state index in [0.29, 0.717) is 12.8 Å². The molecule has 3 rings (SSSR count). The second-order valence-corrected chi connectivity index (χ2v) is 15.6. The van der Waals surface area contributed by atoms with E-state index in [1.807, 2.05) is 32.0 Å². The molecule has 1 heterocycles. The summed E-state index contributed by atoms with van der Waals surface area (Å²) in [6.45, 7) is 8.54. The minimum atomic E-state index is -4.03. The highest BCUT2D eigenvalue weighted by atomic mass is 32.2. The molecule has 1 saturated heterocycles. The van der Waals surface area contributed by atoms with E-state index in [4.69, 9.17) is 4.74 Å². The van der Waals surface area contributed by atoms with Crippen LogP contribution in [0.4, 0.5) is 0 Å². The number of rotatable bonds is 21. The van der Waals surface area contributed by atoms with Crippen LogP contribution in [0, 0.1) is 11.8 Å². The number of amides is 2. The SMILES string of the molecule is C=CC[C@H](NC(=O)[C@H](Cc1ccccc1)NS(=O)(=O)N1CCOCC1)C(=O)N[C@@H](CCCCCC1CCCCC1)[C@@H](O)[C@@H](O)CC(C)C. The number of carbonyl (C=O) groups excluding carboxylic acids is 2. The molecule has 1 aliphatic heterocycles. The van der Waals surface area contributed by atoms with Gasteiger partial charge in [0.1, 0.15) is 12.1 Å². The van der Waals surface area contributed by atoms with Crippen LogP contribution in [0.1, 0.15) is 96.5 Å². The smallest absolute Gasteiger partial charge is 0.280 e. The molecule has 11 nitrogen and oxygen atoms in total. The topological polar surface area (TPSA) is 157 Å². The van der Waals surface area contributed by atoms with E-state index in [2.05, 4.69) is 21.9 Å². The number of hydrogen-bond donors (Lipinski definition) is 5. The monoisotopic (exact) mass is 692 g/mol. The molecule has 1 aliphatic carbocycles. The summed E-state index contributed by atoms with van der Waals surface area (Å²) < 4.78 is 35.6. The molecule has 0 unspecified atom stereocenters. The standard InChI is InChI=1S/C36H60N4O7S/c1-4-14-31(38-36(44)32(26-29-18-11-6-12-19-29)39-48(45,46)40-21-23-47-24-22-40)35(43)37-30(34(42)33(41)25-27(2)3)20-13-7-10-17-28-15-8-5-9-16-28/h4,6,11-12,18-19,27-28,30-34,39,41-42H,1,5,7-10,13-17,20-26H2,2-3H3,(H,37,43)(H,38,44)/t30-,31-,32-,33-,34+/m0/s1. The molecule has 5 atom stereocenters. The van der Waals surface area contributed by atoms with Crippen LogP contribution in [0.2, 0.25) is 0 Å². The zero-order chi connectivity index (χ0) is 34.9. The van der Waals surface area contributed by atoms with Gasteiger partial charge in [0.25, 0.3) is 10.2 Å². The van der Waals surface area contributed by atoms with Gasteiger partial charge in [-0.25, -0.2) is 0 Å². The highest BCUT2D eigenvalue weighted by Crippen LogP contribution is 2.28. The van der Waals surface area contributed by atoms with Crippen LogP contribution >= 0.6 is 0 Å². The van der Waals surface area contributed by atoms with Crippen molar-refractivity contribution in [1.82, 2.24) is 19.7 Å². The van der Waals surface area contributed by atoms with Gasteiger partial charge in [0.2, 0.25) is 11.8 Å². The average molecular weight is 693 g/mol. The van der Waals surface area contributed by atoms with Crippen molar-refractivity contribution >= 4 is 22.0 Å². The Bertz CT molecular complexity index is 1200. The summed E-state index contributed by atoms with van der Waals surface area (Å²) in [5, 5.41) is 27.6. The molecule has 0 aromatic heterocycles. The van der Waals surface area contributed by atoms with Crippen molar-refractivity contribution in [2.24, 2.45) is 11.8 Å². The van der Waals surface area contributed by atoms with Crippen LogP contribution in [-0.2, 0) is 31.0 Å². The summed E-state index contributed by atoms with van der Waals surface area (Å²) in [6.07, 6.45) is 10.9. The minimum Gasteiger partial charge on any atom is -0.390 e. The van der Waals surface area contributed by atoms with Gasteiger partial charge in [-0.1, -0.05) is 108 Å². The number of nitrogens with zero attached hydrogens (tertiary/aromatic N) is 1. The lowest BCUT2D eigenvalue weighted by Gasteiger charge is -2.31. The molecule has 272 valence electrons. The third kappa shape index (κ3) is 13.9. The molecule has 2 amide bonds. The first kappa shape index (κ1) is 40.1. The second-order valence-electron chi connectivity index (χ2n) is 13.9. The molecule has 1 aromatic carbocycles. The molecule has 2 fully saturated rings. The Hall–Kier alpha value is -2.35. The number of ether oxygens (including phenoxy) is 1. The molecule has 1 saturated carbocycles. The Balaban J connectivity index is 1.70. The summed E-state index contributed by atoms with van der Waals surface area (Å²) in [6, 6.07) is 6.09. The number of hydrogen-bond acceptors (Lipinski definition) is 7. The van der Waals surface area contributed by atoms with Gasteiger partial charge >= 0.3 is 0 Å². The van der Waals surface area contributed by atoms with Crippen LogP contribution in [-0.4, -0.2) is 91.4 Å². The minimum absolute atomic E-state index is 0.0717. The first-order valence-corrected chi connectivity index (χ1v) is 19.4. The van der Waals surface area contributed by atoms with E-state index in [1.165, 1.54) is 48.9 Å². The summed E-state index contributed by atoms with van der Waals surface area (Å²) in [4.78, 5) is 27.4. The Morgan fingerprint density at radius 1 is 0.979 bits per heavy atom. The highest BCUT2D eigenvalue weighted by molar-refractivity contribution is 7.87. The fourth-order valence-corrected chi connectivity index (χ4v) is 8.03. The third-order valence-corrected chi connectivity index (χ3v) is 11.1. The van der Waals surface area contributed by atoms with Gasteiger partial charge in [0.05, 0.1) is 31.5 Å². The Morgan fingerprint density at radius 2 is 1.65 bits per heavy atom. The predicted molar refractivity (Wildman–Crippen MR) is 188 cm³/mol. The Morgan fingerprint density at radius 3 is 2.29 bits per heavy atom. The molecule has 12 heteroatoms. The number of carbonyl (C=O) groups is 2. The highest BCUT2D eigenvalue weighted by Gasteiger charge is 2.34. The quantitative estimate of drug-likeness (QED) is 0.0974. The molecule has 2 aliphatic rings. The Kier molecular flexibility index (Phi) is 17.5. The molecule has 1 aromatic rings. The predicted octanol–water partition coefficient (Wildman–Crippen LogP) is 3.61. The summed E-state index contributed by atoms with van der Waals surface area (Å²) in [5.41, 5.74) is 0.748. The molecule has 48 heavy (non-hydrogen) atoms. The first-order valence-electron chi connectivity index (χ1n) is 18.0. The number of morpholine rings is 1. The largest absolute Gasteiger partial charge is 0.390 e. The van der Waals surface area contributed by atoms with Gasteiger partial charge in [-0.15, -0.1) is 6.58 Å². The molecular weight excluding hydrogens is 632 g/mol. The van der Waals surface area contributed by atoms with E-state index in [9.17, 15) is 28.2 Å². The fraction of sp³-hybridized carbons (Fsp3) is 0.722. The van der Waals surface area contributed by atoms with Crippen molar-refractivity contribution < 1.29 is 33.0 Å². The molecule has 5 N–H and O–H groups in total. The number of unbranched alkanes of at least 4 members (excludes halogenated alkanes) is 2. The fourth-order valence-electron chi connectivity index (χ4n) is 6.70. The molecule has 0 radical (unpaired) electrons. The summed E-state index contributed by atoms with van der Waals surface area (Å²) in [5.74, 6) is -0.241. The van der Waals surface area contributed by atoms with E-state index in [0.717, 1.165) is 30.7 Å². The maximum absolute atomic E-state index is 13.7. The van der Waals surface area contributed by atoms with Crippen molar-refractivity contribution in [2.45, 2.75) is 128 Å². The van der Waals surface area contributed by atoms with Gasteiger partial charge in [0, 0.05) is 13.1 Å². The van der Waals surface area contributed by atoms with Gasteiger partial charge < -0.3 is 25.6 Å². The van der Waals surface area contributed by atoms with Crippen LogP contribution in [0.5, 0.6) is 0 Å². The lowest BCUT2D eigenvalue weighted by molar-refractivity contribution is -0.131. The molecule has 0 spiro atoms. The van der Waals surface area contributed by atoms with Crippen molar-refractivity contribution in [3.05, 3.63) is 48.6 Å².